The molecular weight excluding hydrogens is 318 g/mol. The van der Waals surface area contributed by atoms with E-state index in [9.17, 15) is 9.59 Å². The van der Waals surface area contributed by atoms with E-state index in [-0.39, 0.29) is 35.6 Å². The predicted molar refractivity (Wildman–Crippen MR) is 79.7 cm³/mol. The number of carbonyl (C=O) groups excluding carboxylic acids is 1. The van der Waals surface area contributed by atoms with Crippen LogP contribution in [0.2, 0.25) is 0 Å². The maximum atomic E-state index is 11.9. The van der Waals surface area contributed by atoms with Crippen LogP contribution in [0.15, 0.2) is 26.1 Å². The highest BCUT2D eigenvalue weighted by Gasteiger charge is 2.20. The lowest BCUT2D eigenvalue weighted by Crippen LogP contribution is -2.31. The minimum atomic E-state index is -0.473. The first kappa shape index (κ1) is 16.2. The fourth-order valence-corrected chi connectivity index (χ4v) is 2.30. The van der Waals surface area contributed by atoms with Gasteiger partial charge in [0.1, 0.15) is 5.76 Å². The summed E-state index contributed by atoms with van der Waals surface area (Å²) in [6, 6.07) is 1.25. The fraction of sp³-hybridized carbons (Fsp3) is 0.467. The monoisotopic (exact) mass is 335 g/mol. The smallest absolute Gasteiger partial charge is 0.316 e. The van der Waals surface area contributed by atoms with Gasteiger partial charge in [-0.15, -0.1) is 0 Å². The van der Waals surface area contributed by atoms with E-state index >= 15 is 0 Å². The third-order valence-electron chi connectivity index (χ3n) is 3.53. The second-order valence-electron chi connectivity index (χ2n) is 5.32. The van der Waals surface area contributed by atoms with Gasteiger partial charge in [-0.2, -0.15) is 4.98 Å². The molecule has 9 nitrogen and oxygen atoms in total. The average molecular weight is 335 g/mol. The van der Waals surface area contributed by atoms with Gasteiger partial charge in [-0.1, -0.05) is 5.16 Å². The van der Waals surface area contributed by atoms with Crippen LogP contribution in [-0.4, -0.2) is 35.3 Å². The number of hydrogen-bond acceptors (Lipinski definition) is 8. The average Bonchev–Trinajstić information content (AvgIpc) is 3.24. The van der Waals surface area contributed by atoms with Crippen LogP contribution in [-0.2, 0) is 11.3 Å². The van der Waals surface area contributed by atoms with E-state index in [1.54, 1.807) is 6.92 Å². The molecule has 2 aromatic heterocycles. The van der Waals surface area contributed by atoms with Crippen LogP contribution in [0, 0.1) is 6.92 Å². The van der Waals surface area contributed by atoms with E-state index < -0.39 is 5.91 Å². The summed E-state index contributed by atoms with van der Waals surface area (Å²) in [5.41, 5.74) is -0.309. The molecule has 0 radical (unpaired) electrons. The van der Waals surface area contributed by atoms with Gasteiger partial charge in [0.2, 0.25) is 17.0 Å². The van der Waals surface area contributed by atoms with Gasteiger partial charge >= 0.3 is 11.8 Å². The van der Waals surface area contributed by atoms with Gasteiger partial charge in [0.25, 0.3) is 0 Å². The Hall–Kier alpha value is -2.68. The van der Waals surface area contributed by atoms with Crippen molar-refractivity contribution in [1.82, 2.24) is 15.5 Å². The van der Waals surface area contributed by atoms with E-state index in [1.807, 2.05) is 0 Å². The molecule has 3 rings (SSSR count). The molecule has 0 bridgehead atoms. The molecule has 1 saturated heterocycles. The van der Waals surface area contributed by atoms with E-state index in [4.69, 9.17) is 18.4 Å². The SMILES string of the molecule is Cc1occc(=O)c1OCc1noc(C(=O)NC[C@@H]2CCCO2)n1. The van der Waals surface area contributed by atoms with Crippen molar-refractivity contribution in [2.45, 2.75) is 32.5 Å². The van der Waals surface area contributed by atoms with Crippen LogP contribution in [0.25, 0.3) is 0 Å². The van der Waals surface area contributed by atoms with E-state index in [0.29, 0.717) is 12.3 Å². The Bertz CT molecular complexity index is 763. The Morgan fingerprint density at radius 1 is 1.50 bits per heavy atom. The first-order valence-electron chi connectivity index (χ1n) is 7.57. The molecule has 0 aromatic carbocycles. The Kier molecular flexibility index (Phi) is 4.90. The van der Waals surface area contributed by atoms with Crippen molar-refractivity contribution < 1.29 is 23.2 Å². The normalized spacial score (nSPS) is 17.0. The maximum Gasteiger partial charge on any atom is 0.316 e. The van der Waals surface area contributed by atoms with Gasteiger partial charge in [0.15, 0.2) is 6.61 Å². The summed E-state index contributed by atoms with van der Waals surface area (Å²) in [6.45, 7) is 2.61. The van der Waals surface area contributed by atoms with Crippen LogP contribution in [0.5, 0.6) is 5.75 Å². The molecule has 0 spiro atoms. The Balaban J connectivity index is 1.55. The van der Waals surface area contributed by atoms with Crippen LogP contribution in [0.3, 0.4) is 0 Å². The van der Waals surface area contributed by atoms with Gasteiger partial charge in [-0.05, 0) is 19.8 Å². The van der Waals surface area contributed by atoms with Crippen LogP contribution < -0.4 is 15.5 Å². The van der Waals surface area contributed by atoms with Crippen molar-refractivity contribution in [3.8, 4) is 5.75 Å². The standard InChI is InChI=1S/C15H17N3O6/c1-9-13(11(19)4-6-21-9)23-8-12-17-15(24-18-12)14(20)16-7-10-3-2-5-22-10/h4,6,10H,2-3,5,7-8H2,1H3,(H,16,20)/t10-/m0/s1. The van der Waals surface area contributed by atoms with Crippen molar-refractivity contribution in [2.24, 2.45) is 0 Å². The number of aromatic nitrogens is 2. The second kappa shape index (κ2) is 7.26. The predicted octanol–water partition coefficient (Wildman–Crippen LogP) is 0.819. The number of rotatable bonds is 6. The quantitative estimate of drug-likeness (QED) is 0.824. The van der Waals surface area contributed by atoms with Gasteiger partial charge in [-0.3, -0.25) is 9.59 Å². The minimum absolute atomic E-state index is 0.0277. The zero-order valence-electron chi connectivity index (χ0n) is 13.1. The number of nitrogens with zero attached hydrogens (tertiary/aromatic N) is 2. The van der Waals surface area contributed by atoms with Crippen molar-refractivity contribution in [3.63, 3.8) is 0 Å². The Morgan fingerprint density at radius 2 is 2.38 bits per heavy atom. The first-order valence-corrected chi connectivity index (χ1v) is 7.57. The number of hydrogen-bond donors (Lipinski definition) is 1. The lowest BCUT2D eigenvalue weighted by molar-refractivity contribution is 0.0822. The summed E-state index contributed by atoms with van der Waals surface area (Å²) in [4.78, 5) is 27.5. The summed E-state index contributed by atoms with van der Waals surface area (Å²) in [5.74, 6) is -0.0600. The summed E-state index contributed by atoms with van der Waals surface area (Å²) in [6.07, 6.45) is 3.23. The third kappa shape index (κ3) is 3.80. The largest absolute Gasteiger partial charge is 0.478 e. The molecule has 24 heavy (non-hydrogen) atoms. The van der Waals surface area contributed by atoms with Gasteiger partial charge in [0, 0.05) is 19.2 Å². The molecular formula is C15H17N3O6. The zero-order chi connectivity index (χ0) is 16.9. The van der Waals surface area contributed by atoms with Crippen LogP contribution >= 0.6 is 0 Å². The molecule has 0 aliphatic carbocycles. The van der Waals surface area contributed by atoms with E-state index in [1.165, 1.54) is 12.3 Å². The number of amides is 1. The summed E-state index contributed by atoms with van der Waals surface area (Å²) >= 11 is 0. The molecule has 2 aromatic rings. The lowest BCUT2D eigenvalue weighted by Gasteiger charge is -2.08. The summed E-state index contributed by atoms with van der Waals surface area (Å²) in [7, 11) is 0. The Labute approximate surface area is 136 Å². The Morgan fingerprint density at radius 3 is 3.12 bits per heavy atom. The van der Waals surface area contributed by atoms with Gasteiger partial charge in [-0.25, -0.2) is 0 Å². The summed E-state index contributed by atoms with van der Waals surface area (Å²) in [5, 5.41) is 6.34. The van der Waals surface area contributed by atoms with Crippen molar-refractivity contribution in [1.29, 1.82) is 0 Å². The van der Waals surface area contributed by atoms with E-state index in [0.717, 1.165) is 19.4 Å². The number of nitrogens with one attached hydrogen (secondary N) is 1. The first-order chi connectivity index (χ1) is 11.6. The minimum Gasteiger partial charge on any atom is -0.478 e. The van der Waals surface area contributed by atoms with Gasteiger partial charge in [0.05, 0.1) is 12.4 Å². The molecule has 1 aliphatic rings. The molecule has 1 fully saturated rings. The van der Waals surface area contributed by atoms with Crippen molar-refractivity contribution in [3.05, 3.63) is 40.0 Å². The maximum absolute atomic E-state index is 11.9. The van der Waals surface area contributed by atoms with Crippen molar-refractivity contribution >= 4 is 5.91 Å². The van der Waals surface area contributed by atoms with Crippen LogP contribution in [0.1, 0.15) is 35.1 Å². The highest BCUT2D eigenvalue weighted by atomic mass is 16.5. The molecule has 1 aliphatic heterocycles. The highest BCUT2D eigenvalue weighted by molar-refractivity contribution is 5.89. The number of carbonyl (C=O) groups is 1. The lowest BCUT2D eigenvalue weighted by atomic mass is 10.2. The molecule has 3 heterocycles. The molecule has 0 unspecified atom stereocenters. The fourth-order valence-electron chi connectivity index (χ4n) is 2.30. The van der Waals surface area contributed by atoms with Gasteiger partial charge < -0.3 is 23.7 Å². The topological polar surface area (TPSA) is 117 Å². The molecule has 1 atom stereocenters. The molecule has 1 amide bonds. The number of aryl methyl sites for hydroxylation is 1. The molecule has 1 N–H and O–H groups in total. The van der Waals surface area contributed by atoms with E-state index in [2.05, 4.69) is 15.5 Å². The molecule has 9 heteroatoms. The van der Waals surface area contributed by atoms with Crippen LogP contribution in [0.4, 0.5) is 0 Å². The third-order valence-corrected chi connectivity index (χ3v) is 3.53. The van der Waals surface area contributed by atoms with Crippen molar-refractivity contribution in [2.75, 3.05) is 13.2 Å². The highest BCUT2D eigenvalue weighted by Crippen LogP contribution is 2.13. The molecule has 0 saturated carbocycles. The molecule has 128 valence electrons. The second-order valence-corrected chi connectivity index (χ2v) is 5.32. The summed E-state index contributed by atoms with van der Waals surface area (Å²) < 4.78 is 20.7. The zero-order valence-corrected chi connectivity index (χ0v) is 13.1. The number of ether oxygens (including phenoxy) is 2.